The van der Waals surface area contributed by atoms with Crippen molar-refractivity contribution >= 4 is 0 Å². The van der Waals surface area contributed by atoms with Crippen molar-refractivity contribution in [1.29, 1.82) is 0 Å². The van der Waals surface area contributed by atoms with Gasteiger partial charge in [-0.15, -0.1) is 0 Å². The zero-order valence-electron chi connectivity index (χ0n) is 9.23. The van der Waals surface area contributed by atoms with E-state index in [1.165, 1.54) is 19.3 Å². The summed E-state index contributed by atoms with van der Waals surface area (Å²) in [7, 11) is 2.04. The first-order valence-electron chi connectivity index (χ1n) is 5.45. The van der Waals surface area contributed by atoms with Gasteiger partial charge in [-0.1, -0.05) is 6.92 Å². The second-order valence-electron chi connectivity index (χ2n) is 4.41. The van der Waals surface area contributed by atoms with Gasteiger partial charge in [0, 0.05) is 19.8 Å². The molecule has 0 heterocycles. The monoisotopic (exact) mass is 185 g/mol. The minimum absolute atomic E-state index is 0.476. The molecular formula is C11H23NO. The summed E-state index contributed by atoms with van der Waals surface area (Å²) in [4.78, 5) is 0. The predicted molar refractivity (Wildman–Crippen MR) is 55.9 cm³/mol. The van der Waals surface area contributed by atoms with E-state index in [9.17, 15) is 0 Å². The van der Waals surface area contributed by atoms with Gasteiger partial charge in [0.05, 0.1) is 0 Å². The van der Waals surface area contributed by atoms with Crippen LogP contribution in [0.15, 0.2) is 0 Å². The Hall–Kier alpha value is -0.0800. The maximum Gasteiger partial charge on any atom is 0.0471 e. The van der Waals surface area contributed by atoms with E-state index in [0.29, 0.717) is 5.41 Å². The molecule has 0 spiro atoms. The van der Waals surface area contributed by atoms with Crippen molar-refractivity contribution in [3.63, 3.8) is 0 Å². The SMILES string of the molecule is CCOCCC(C)(CNC)C1CC1. The van der Waals surface area contributed by atoms with Gasteiger partial charge in [-0.25, -0.2) is 0 Å². The summed E-state index contributed by atoms with van der Waals surface area (Å²) in [6, 6.07) is 0. The third kappa shape index (κ3) is 3.28. The summed E-state index contributed by atoms with van der Waals surface area (Å²) < 4.78 is 5.43. The normalized spacial score (nSPS) is 21.5. The Kier molecular flexibility index (Phi) is 4.20. The third-order valence-corrected chi connectivity index (χ3v) is 3.17. The first-order chi connectivity index (χ1) is 6.23. The van der Waals surface area contributed by atoms with Crippen LogP contribution in [-0.4, -0.2) is 26.8 Å². The van der Waals surface area contributed by atoms with Gasteiger partial charge in [-0.2, -0.15) is 0 Å². The van der Waals surface area contributed by atoms with Crippen molar-refractivity contribution in [2.75, 3.05) is 26.8 Å². The molecule has 0 aliphatic heterocycles. The third-order valence-electron chi connectivity index (χ3n) is 3.17. The highest BCUT2D eigenvalue weighted by Gasteiger charge is 2.40. The lowest BCUT2D eigenvalue weighted by Crippen LogP contribution is -2.33. The Labute approximate surface area is 82.0 Å². The molecule has 78 valence electrons. The summed E-state index contributed by atoms with van der Waals surface area (Å²) >= 11 is 0. The van der Waals surface area contributed by atoms with Crippen molar-refractivity contribution < 1.29 is 4.74 Å². The molecule has 2 nitrogen and oxygen atoms in total. The molecule has 1 unspecified atom stereocenters. The number of rotatable bonds is 7. The summed E-state index contributed by atoms with van der Waals surface area (Å²) in [5.74, 6) is 0.945. The van der Waals surface area contributed by atoms with Crippen LogP contribution in [0.5, 0.6) is 0 Å². The second-order valence-corrected chi connectivity index (χ2v) is 4.41. The van der Waals surface area contributed by atoms with E-state index < -0.39 is 0 Å². The molecule has 0 aromatic heterocycles. The summed E-state index contributed by atoms with van der Waals surface area (Å²) in [6.45, 7) is 7.35. The van der Waals surface area contributed by atoms with Crippen LogP contribution in [0.4, 0.5) is 0 Å². The number of hydrogen-bond donors (Lipinski definition) is 1. The van der Waals surface area contributed by atoms with Gasteiger partial charge < -0.3 is 10.1 Å². The van der Waals surface area contributed by atoms with Crippen LogP contribution in [0.1, 0.15) is 33.1 Å². The quantitative estimate of drug-likeness (QED) is 0.613. The molecule has 13 heavy (non-hydrogen) atoms. The van der Waals surface area contributed by atoms with Gasteiger partial charge in [-0.3, -0.25) is 0 Å². The smallest absolute Gasteiger partial charge is 0.0471 e. The lowest BCUT2D eigenvalue weighted by atomic mass is 9.82. The maximum atomic E-state index is 5.43. The Morgan fingerprint density at radius 1 is 1.46 bits per heavy atom. The standard InChI is InChI=1S/C11H23NO/c1-4-13-8-7-11(2,9-12-3)10-5-6-10/h10,12H,4-9H2,1-3H3. The lowest BCUT2D eigenvalue weighted by Gasteiger charge is -2.29. The first kappa shape index (κ1) is 11.0. The van der Waals surface area contributed by atoms with Crippen LogP contribution in [-0.2, 0) is 4.74 Å². The van der Waals surface area contributed by atoms with Crippen molar-refractivity contribution in [2.45, 2.75) is 33.1 Å². The topological polar surface area (TPSA) is 21.3 Å². The fourth-order valence-corrected chi connectivity index (χ4v) is 2.07. The molecule has 1 rings (SSSR count). The number of hydrogen-bond acceptors (Lipinski definition) is 2. The highest BCUT2D eigenvalue weighted by Crippen LogP contribution is 2.47. The minimum atomic E-state index is 0.476. The van der Waals surface area contributed by atoms with Gasteiger partial charge in [-0.05, 0) is 44.6 Å². The Morgan fingerprint density at radius 3 is 2.62 bits per heavy atom. The Morgan fingerprint density at radius 2 is 2.15 bits per heavy atom. The first-order valence-corrected chi connectivity index (χ1v) is 5.45. The summed E-state index contributed by atoms with van der Waals surface area (Å²) in [5.41, 5.74) is 0.476. The van der Waals surface area contributed by atoms with Crippen molar-refractivity contribution in [1.82, 2.24) is 5.32 Å². The molecule has 1 fully saturated rings. The van der Waals surface area contributed by atoms with Gasteiger partial charge in [0.2, 0.25) is 0 Å². The lowest BCUT2D eigenvalue weighted by molar-refractivity contribution is 0.0993. The Balaban J connectivity index is 2.28. The van der Waals surface area contributed by atoms with Crippen LogP contribution in [0.25, 0.3) is 0 Å². The average molecular weight is 185 g/mol. The summed E-state index contributed by atoms with van der Waals surface area (Å²) in [5, 5.41) is 3.30. The van der Waals surface area contributed by atoms with Crippen molar-refractivity contribution in [3.8, 4) is 0 Å². The molecule has 0 radical (unpaired) electrons. The minimum Gasteiger partial charge on any atom is -0.382 e. The highest BCUT2D eigenvalue weighted by molar-refractivity contribution is 4.92. The zero-order chi connectivity index (χ0) is 9.73. The fourth-order valence-electron chi connectivity index (χ4n) is 2.07. The largest absolute Gasteiger partial charge is 0.382 e. The molecule has 0 aromatic carbocycles. The molecule has 0 aromatic rings. The van der Waals surface area contributed by atoms with Gasteiger partial charge >= 0.3 is 0 Å². The highest BCUT2D eigenvalue weighted by atomic mass is 16.5. The molecule has 1 aliphatic rings. The van der Waals surface area contributed by atoms with Crippen LogP contribution in [0.2, 0.25) is 0 Å². The van der Waals surface area contributed by atoms with E-state index >= 15 is 0 Å². The van der Waals surface area contributed by atoms with Crippen molar-refractivity contribution in [3.05, 3.63) is 0 Å². The molecule has 1 saturated carbocycles. The van der Waals surface area contributed by atoms with Crippen LogP contribution in [0.3, 0.4) is 0 Å². The molecule has 0 saturated heterocycles. The molecule has 1 aliphatic carbocycles. The zero-order valence-corrected chi connectivity index (χ0v) is 9.23. The van der Waals surface area contributed by atoms with Gasteiger partial charge in [0.25, 0.3) is 0 Å². The van der Waals surface area contributed by atoms with E-state index in [-0.39, 0.29) is 0 Å². The number of nitrogens with one attached hydrogen (secondary N) is 1. The Bertz CT molecular complexity index is 145. The van der Waals surface area contributed by atoms with Crippen LogP contribution in [0, 0.1) is 11.3 Å². The maximum absolute atomic E-state index is 5.43. The van der Waals surface area contributed by atoms with E-state index in [4.69, 9.17) is 4.74 Å². The fraction of sp³-hybridized carbons (Fsp3) is 1.00. The summed E-state index contributed by atoms with van der Waals surface area (Å²) in [6.07, 6.45) is 4.04. The van der Waals surface area contributed by atoms with E-state index in [1.807, 2.05) is 7.05 Å². The second kappa shape index (κ2) is 4.97. The molecule has 1 N–H and O–H groups in total. The van der Waals surface area contributed by atoms with E-state index in [1.54, 1.807) is 0 Å². The molecule has 1 atom stereocenters. The average Bonchev–Trinajstić information content (AvgIpc) is 2.87. The molecular weight excluding hydrogens is 162 g/mol. The van der Waals surface area contributed by atoms with Gasteiger partial charge in [0.1, 0.15) is 0 Å². The molecule has 2 heteroatoms. The molecule has 0 bridgehead atoms. The number of ether oxygens (including phenoxy) is 1. The predicted octanol–water partition coefficient (Wildman–Crippen LogP) is 2.05. The molecule has 0 amide bonds. The van der Waals surface area contributed by atoms with E-state index in [2.05, 4.69) is 19.2 Å². The van der Waals surface area contributed by atoms with Gasteiger partial charge in [0.15, 0.2) is 0 Å². The van der Waals surface area contributed by atoms with Crippen LogP contribution >= 0.6 is 0 Å². The van der Waals surface area contributed by atoms with E-state index in [0.717, 1.165) is 25.7 Å². The van der Waals surface area contributed by atoms with Crippen molar-refractivity contribution in [2.24, 2.45) is 11.3 Å². The van der Waals surface area contributed by atoms with Crippen LogP contribution < -0.4 is 5.32 Å².